The number of halogens is 1. The van der Waals surface area contributed by atoms with Gasteiger partial charge in [0.1, 0.15) is 5.75 Å². The fraction of sp³-hybridized carbons (Fsp3) is 0.200. The molecule has 0 saturated heterocycles. The monoisotopic (exact) mass is 414 g/mol. The second-order valence-corrected chi connectivity index (χ2v) is 6.78. The maximum Gasteiger partial charge on any atom is 0.262 e. The highest BCUT2D eigenvalue weighted by molar-refractivity contribution is 9.10. The molecule has 3 aromatic rings. The van der Waals surface area contributed by atoms with Crippen LogP contribution in [0.1, 0.15) is 12.5 Å². The molecule has 0 aliphatic heterocycles. The second kappa shape index (κ2) is 7.74. The zero-order valence-electron chi connectivity index (χ0n) is 14.6. The first-order chi connectivity index (χ1) is 12.5. The molecular weight excluding hydrogens is 396 g/mol. The molecule has 1 amide bonds. The number of carbonyl (C=O) groups is 1. The number of benzene rings is 2. The summed E-state index contributed by atoms with van der Waals surface area (Å²) in [6, 6.07) is 14.6. The lowest BCUT2D eigenvalue weighted by Gasteiger charge is -2.13. The van der Waals surface area contributed by atoms with Gasteiger partial charge in [-0.2, -0.15) is 0 Å². The van der Waals surface area contributed by atoms with Crippen LogP contribution in [-0.2, 0) is 11.3 Å². The lowest BCUT2D eigenvalue weighted by molar-refractivity contribution is -0.118. The molecule has 3 rings (SSSR count). The molecule has 1 N–H and O–H groups in total. The molecule has 26 heavy (non-hydrogen) atoms. The van der Waals surface area contributed by atoms with Crippen LogP contribution in [0.4, 0.5) is 5.69 Å². The van der Waals surface area contributed by atoms with Crippen molar-refractivity contribution in [3.63, 3.8) is 0 Å². The molecule has 0 atom stereocenters. The Labute approximate surface area is 159 Å². The maximum absolute atomic E-state index is 12.3. The minimum atomic E-state index is -0.293. The number of carbonyl (C=O) groups excluding carboxylic acids is 1. The first kappa shape index (κ1) is 18.2. The average Bonchev–Trinajstić information content (AvgIpc) is 2.62. The van der Waals surface area contributed by atoms with Gasteiger partial charge in [-0.1, -0.05) is 18.2 Å². The van der Waals surface area contributed by atoms with E-state index in [0.29, 0.717) is 18.0 Å². The number of rotatable bonds is 5. The van der Waals surface area contributed by atoms with Gasteiger partial charge in [-0.25, -0.2) is 0 Å². The van der Waals surface area contributed by atoms with Gasteiger partial charge in [0.2, 0.25) is 0 Å². The lowest BCUT2D eigenvalue weighted by atomic mass is 10.2. The Balaban J connectivity index is 1.79. The summed E-state index contributed by atoms with van der Waals surface area (Å²) in [7, 11) is 0. The first-order valence-electron chi connectivity index (χ1n) is 8.31. The van der Waals surface area contributed by atoms with Crippen molar-refractivity contribution in [2.45, 2.75) is 20.4 Å². The zero-order chi connectivity index (χ0) is 18.7. The third-order valence-electron chi connectivity index (χ3n) is 4.05. The van der Waals surface area contributed by atoms with Crippen molar-refractivity contribution in [2.24, 2.45) is 0 Å². The van der Waals surface area contributed by atoms with Gasteiger partial charge in [0.25, 0.3) is 11.5 Å². The predicted octanol–water partition coefficient (Wildman–Crippen LogP) is 4.11. The first-order valence-corrected chi connectivity index (χ1v) is 9.10. The molecule has 134 valence electrons. The van der Waals surface area contributed by atoms with Crippen molar-refractivity contribution < 1.29 is 9.53 Å². The Morgan fingerprint density at radius 3 is 2.69 bits per heavy atom. The Morgan fingerprint density at radius 1 is 1.19 bits per heavy atom. The van der Waals surface area contributed by atoms with Gasteiger partial charge in [-0.05, 0) is 59.6 Å². The third-order valence-corrected chi connectivity index (χ3v) is 4.71. The molecule has 0 spiro atoms. The highest BCUT2D eigenvalue weighted by Crippen LogP contribution is 2.25. The van der Waals surface area contributed by atoms with Crippen LogP contribution >= 0.6 is 15.9 Å². The van der Waals surface area contributed by atoms with E-state index in [1.807, 2.05) is 56.3 Å². The van der Waals surface area contributed by atoms with Gasteiger partial charge >= 0.3 is 0 Å². The number of nitrogens with one attached hydrogen (secondary N) is 1. The summed E-state index contributed by atoms with van der Waals surface area (Å²) in [5.41, 5.74) is 2.41. The Bertz CT molecular complexity index is 1030. The van der Waals surface area contributed by atoms with Gasteiger partial charge in [0.05, 0.1) is 11.2 Å². The standard InChI is InChI=1S/C20H19BrN2O3/c1-3-23-17-7-5-4-6-14(17)18(11-20(23)25)26-12-19(24)22-16-9-8-13(2)10-15(16)21/h4-11H,3,12H2,1-2H3,(H,22,24). The van der Waals surface area contributed by atoms with E-state index in [-0.39, 0.29) is 18.1 Å². The molecule has 0 aliphatic rings. The molecular formula is C20H19BrN2O3. The molecule has 1 heterocycles. The largest absolute Gasteiger partial charge is 0.483 e. The molecule has 6 heteroatoms. The SMILES string of the molecule is CCn1c(=O)cc(OCC(=O)Nc2ccc(C)cc2Br)c2ccccc21. The summed E-state index contributed by atoms with van der Waals surface area (Å²) < 4.78 is 8.14. The number of aryl methyl sites for hydroxylation is 2. The summed E-state index contributed by atoms with van der Waals surface area (Å²) in [6.45, 7) is 4.28. The van der Waals surface area contributed by atoms with Crippen LogP contribution in [0.3, 0.4) is 0 Å². The van der Waals surface area contributed by atoms with E-state index in [1.165, 1.54) is 6.07 Å². The van der Waals surface area contributed by atoms with Crippen molar-refractivity contribution >= 4 is 38.4 Å². The highest BCUT2D eigenvalue weighted by atomic mass is 79.9. The van der Waals surface area contributed by atoms with Crippen LogP contribution < -0.4 is 15.6 Å². The van der Waals surface area contributed by atoms with E-state index in [0.717, 1.165) is 20.9 Å². The molecule has 0 fully saturated rings. The van der Waals surface area contributed by atoms with Crippen molar-refractivity contribution in [2.75, 3.05) is 11.9 Å². The highest BCUT2D eigenvalue weighted by Gasteiger charge is 2.11. The van der Waals surface area contributed by atoms with Gasteiger partial charge in [-0.15, -0.1) is 0 Å². The van der Waals surface area contributed by atoms with E-state index in [9.17, 15) is 9.59 Å². The van der Waals surface area contributed by atoms with Gasteiger partial charge in [0, 0.05) is 22.5 Å². The normalized spacial score (nSPS) is 10.7. The lowest BCUT2D eigenvalue weighted by Crippen LogP contribution is -2.23. The molecule has 0 aliphatic carbocycles. The van der Waals surface area contributed by atoms with Crippen LogP contribution in [0, 0.1) is 6.92 Å². The van der Waals surface area contributed by atoms with Crippen molar-refractivity contribution in [1.82, 2.24) is 4.57 Å². The van der Waals surface area contributed by atoms with Gasteiger partial charge in [-0.3, -0.25) is 9.59 Å². The summed E-state index contributed by atoms with van der Waals surface area (Å²) in [6.07, 6.45) is 0. The summed E-state index contributed by atoms with van der Waals surface area (Å²) >= 11 is 3.43. The fourth-order valence-electron chi connectivity index (χ4n) is 2.80. The molecule has 2 aromatic carbocycles. The third kappa shape index (κ3) is 3.80. The number of amides is 1. The minimum absolute atomic E-state index is 0.150. The van der Waals surface area contributed by atoms with Crippen LogP contribution in [0.2, 0.25) is 0 Å². The van der Waals surface area contributed by atoms with Gasteiger partial charge < -0.3 is 14.6 Å². The van der Waals surface area contributed by atoms with E-state index in [1.54, 1.807) is 4.57 Å². The quantitative estimate of drug-likeness (QED) is 0.683. The van der Waals surface area contributed by atoms with Gasteiger partial charge in [0.15, 0.2) is 6.61 Å². The number of pyridine rings is 1. The number of para-hydroxylation sites is 1. The molecule has 0 unspecified atom stereocenters. The topological polar surface area (TPSA) is 60.3 Å². The number of hydrogen-bond donors (Lipinski definition) is 1. The number of fused-ring (bicyclic) bond motifs is 1. The van der Waals surface area contributed by atoms with Crippen LogP contribution in [0.25, 0.3) is 10.9 Å². The van der Waals surface area contributed by atoms with Crippen molar-refractivity contribution in [3.8, 4) is 5.75 Å². The summed E-state index contributed by atoms with van der Waals surface area (Å²) in [5.74, 6) is 0.117. The number of anilines is 1. The maximum atomic E-state index is 12.3. The van der Waals surface area contributed by atoms with E-state index in [2.05, 4.69) is 21.2 Å². The van der Waals surface area contributed by atoms with E-state index in [4.69, 9.17) is 4.74 Å². The number of hydrogen-bond acceptors (Lipinski definition) is 3. The van der Waals surface area contributed by atoms with Crippen molar-refractivity contribution in [3.05, 3.63) is 68.9 Å². The average molecular weight is 415 g/mol. The smallest absolute Gasteiger partial charge is 0.262 e. The van der Waals surface area contributed by atoms with Crippen molar-refractivity contribution in [1.29, 1.82) is 0 Å². The number of nitrogens with zero attached hydrogens (tertiary/aromatic N) is 1. The second-order valence-electron chi connectivity index (χ2n) is 5.93. The molecule has 0 radical (unpaired) electrons. The Morgan fingerprint density at radius 2 is 1.96 bits per heavy atom. The number of aromatic nitrogens is 1. The van der Waals surface area contributed by atoms with Crippen LogP contribution in [-0.4, -0.2) is 17.1 Å². The van der Waals surface area contributed by atoms with Crippen LogP contribution in [0.5, 0.6) is 5.75 Å². The summed E-state index contributed by atoms with van der Waals surface area (Å²) in [5, 5.41) is 3.60. The van der Waals surface area contributed by atoms with E-state index >= 15 is 0 Å². The molecule has 1 aromatic heterocycles. The molecule has 5 nitrogen and oxygen atoms in total. The molecule has 0 saturated carbocycles. The Hall–Kier alpha value is -2.60. The van der Waals surface area contributed by atoms with Crippen LogP contribution in [0.15, 0.2) is 57.8 Å². The van der Waals surface area contributed by atoms with E-state index < -0.39 is 0 Å². The zero-order valence-corrected chi connectivity index (χ0v) is 16.2. The summed E-state index contributed by atoms with van der Waals surface area (Å²) in [4.78, 5) is 24.5. The predicted molar refractivity (Wildman–Crippen MR) is 107 cm³/mol. The minimum Gasteiger partial charge on any atom is -0.483 e. The molecule has 0 bridgehead atoms. The fourth-order valence-corrected chi connectivity index (χ4v) is 3.39. The number of ether oxygens (including phenoxy) is 1. The Kier molecular flexibility index (Phi) is 5.42.